The van der Waals surface area contributed by atoms with Gasteiger partial charge >= 0.3 is 6.09 Å². The number of amides is 1. The molecule has 182 valence electrons. The van der Waals surface area contributed by atoms with Gasteiger partial charge in [-0.2, -0.15) is 4.52 Å². The van der Waals surface area contributed by atoms with Gasteiger partial charge in [-0.15, -0.1) is 0 Å². The number of hydrogen-bond donors (Lipinski definition) is 2. The summed E-state index contributed by atoms with van der Waals surface area (Å²) in [5.74, 6) is 0.347. The fourth-order valence-electron chi connectivity index (χ4n) is 4.36. The Bertz CT molecular complexity index is 1480. The van der Waals surface area contributed by atoms with E-state index in [1.165, 1.54) is 4.52 Å². The Morgan fingerprint density at radius 1 is 1.09 bits per heavy atom. The Kier molecular flexibility index (Phi) is 5.59. The van der Waals surface area contributed by atoms with Crippen LogP contribution in [0.3, 0.4) is 0 Å². The predicted octanol–water partition coefficient (Wildman–Crippen LogP) is 4.14. The van der Waals surface area contributed by atoms with Gasteiger partial charge in [-0.25, -0.2) is 9.78 Å². The lowest BCUT2D eigenvalue weighted by molar-refractivity contribution is 0.0240. The monoisotopic (exact) mass is 494 g/mol. The normalized spacial score (nSPS) is 14.6. The highest BCUT2D eigenvalue weighted by Crippen LogP contribution is 2.32. The van der Waals surface area contributed by atoms with E-state index in [0.717, 1.165) is 11.3 Å². The van der Waals surface area contributed by atoms with Crippen LogP contribution in [0.15, 0.2) is 47.3 Å². The molecule has 1 aliphatic rings. The lowest BCUT2D eigenvalue weighted by Gasteiger charge is -2.36. The number of aromatic amines is 1. The van der Waals surface area contributed by atoms with Gasteiger partial charge < -0.3 is 20.3 Å². The van der Waals surface area contributed by atoms with Crippen molar-refractivity contribution >= 4 is 45.7 Å². The first-order valence-electron chi connectivity index (χ1n) is 11.4. The van der Waals surface area contributed by atoms with Crippen molar-refractivity contribution in [2.75, 3.05) is 36.8 Å². The molecule has 0 unspecified atom stereocenters. The van der Waals surface area contributed by atoms with Crippen LogP contribution in [0.2, 0.25) is 5.02 Å². The minimum atomic E-state index is -0.507. The standard InChI is InChI=1S/C25H27ClN6O3/c1-25(2,3)35-24(34)31-13-11-30(12-14-31)16-9-7-15(8-10-16)19-21(27)29-32-22(19)28-18-6-4-5-17(26)20(18)23(32)33/h4-10,29H,11-14,27H2,1-3H3. The van der Waals surface area contributed by atoms with Crippen LogP contribution in [-0.4, -0.2) is 57.4 Å². The van der Waals surface area contributed by atoms with E-state index < -0.39 is 5.60 Å². The number of fused-ring (bicyclic) bond motifs is 2. The number of hydrogen-bond acceptors (Lipinski definition) is 6. The molecular weight excluding hydrogens is 468 g/mol. The third kappa shape index (κ3) is 4.27. The van der Waals surface area contributed by atoms with Gasteiger partial charge in [0.2, 0.25) is 0 Å². The number of benzene rings is 2. The average molecular weight is 495 g/mol. The molecule has 9 nitrogen and oxygen atoms in total. The van der Waals surface area contributed by atoms with Crippen molar-refractivity contribution in [1.82, 2.24) is 19.5 Å². The molecule has 1 saturated heterocycles. The van der Waals surface area contributed by atoms with E-state index in [4.69, 9.17) is 22.1 Å². The first kappa shape index (κ1) is 23.0. The second-order valence-electron chi connectivity index (χ2n) is 9.61. The van der Waals surface area contributed by atoms with E-state index in [0.29, 0.717) is 59.1 Å². The van der Waals surface area contributed by atoms with Crippen LogP contribution in [-0.2, 0) is 4.74 Å². The quantitative estimate of drug-likeness (QED) is 0.433. The number of ether oxygens (including phenoxy) is 1. The molecule has 0 atom stereocenters. The molecule has 0 bridgehead atoms. The molecule has 0 radical (unpaired) electrons. The van der Waals surface area contributed by atoms with E-state index in [1.807, 2.05) is 45.0 Å². The van der Waals surface area contributed by atoms with Crippen molar-refractivity contribution < 1.29 is 9.53 Å². The summed E-state index contributed by atoms with van der Waals surface area (Å²) in [7, 11) is 0. The third-order valence-electron chi connectivity index (χ3n) is 6.02. The fourth-order valence-corrected chi connectivity index (χ4v) is 4.61. The molecule has 3 N–H and O–H groups in total. The number of carbonyl (C=O) groups is 1. The van der Waals surface area contributed by atoms with Crippen molar-refractivity contribution in [3.63, 3.8) is 0 Å². The number of nitrogens with zero attached hydrogens (tertiary/aromatic N) is 4. The zero-order valence-corrected chi connectivity index (χ0v) is 20.6. The highest BCUT2D eigenvalue weighted by Gasteiger charge is 2.26. The lowest BCUT2D eigenvalue weighted by atomic mass is 10.1. The summed E-state index contributed by atoms with van der Waals surface area (Å²) < 4.78 is 6.82. The maximum Gasteiger partial charge on any atom is 0.410 e. The minimum absolute atomic E-state index is 0.279. The summed E-state index contributed by atoms with van der Waals surface area (Å²) >= 11 is 6.24. The maximum absolute atomic E-state index is 13.0. The van der Waals surface area contributed by atoms with Gasteiger partial charge in [0.1, 0.15) is 11.4 Å². The largest absolute Gasteiger partial charge is 0.444 e. The molecular formula is C25H27ClN6O3. The number of nitrogens with two attached hydrogens (primary N) is 1. The Balaban J connectivity index is 1.39. The fraction of sp³-hybridized carbons (Fsp3) is 0.320. The Hall–Kier alpha value is -3.72. The number of anilines is 2. The second kappa shape index (κ2) is 8.49. The first-order chi connectivity index (χ1) is 16.6. The Labute approximate surface area is 207 Å². The van der Waals surface area contributed by atoms with Crippen molar-refractivity contribution in [2.24, 2.45) is 0 Å². The zero-order valence-electron chi connectivity index (χ0n) is 19.8. The lowest BCUT2D eigenvalue weighted by Crippen LogP contribution is -2.50. The highest BCUT2D eigenvalue weighted by molar-refractivity contribution is 6.35. The number of H-pyrrole nitrogens is 1. The molecule has 35 heavy (non-hydrogen) atoms. The summed E-state index contributed by atoms with van der Waals surface area (Å²) in [5.41, 5.74) is 8.97. The molecule has 1 amide bonds. The highest BCUT2D eigenvalue weighted by atomic mass is 35.5. The number of aromatic nitrogens is 3. The molecule has 0 aliphatic carbocycles. The van der Waals surface area contributed by atoms with Crippen LogP contribution in [0, 0.1) is 0 Å². The van der Waals surface area contributed by atoms with Crippen LogP contribution in [0.5, 0.6) is 0 Å². The number of piperazine rings is 1. The van der Waals surface area contributed by atoms with Gasteiger partial charge in [-0.3, -0.25) is 9.89 Å². The van der Waals surface area contributed by atoms with E-state index >= 15 is 0 Å². The molecule has 1 fully saturated rings. The number of rotatable bonds is 2. The van der Waals surface area contributed by atoms with Gasteiger partial charge in [0.25, 0.3) is 5.56 Å². The molecule has 0 spiro atoms. The van der Waals surface area contributed by atoms with Crippen LogP contribution in [0.1, 0.15) is 20.8 Å². The molecule has 1 aliphatic heterocycles. The molecule has 2 aromatic heterocycles. The topological polar surface area (TPSA) is 109 Å². The van der Waals surface area contributed by atoms with Gasteiger partial charge in [0, 0.05) is 31.9 Å². The van der Waals surface area contributed by atoms with Crippen LogP contribution in [0.25, 0.3) is 27.7 Å². The average Bonchev–Trinajstić information content (AvgIpc) is 3.14. The molecule has 4 aromatic rings. The number of carbonyl (C=O) groups excluding carboxylic acids is 1. The second-order valence-corrected chi connectivity index (χ2v) is 10.0. The van der Waals surface area contributed by atoms with E-state index in [2.05, 4.69) is 15.0 Å². The molecule has 3 heterocycles. The van der Waals surface area contributed by atoms with Crippen LogP contribution >= 0.6 is 11.6 Å². The van der Waals surface area contributed by atoms with Crippen molar-refractivity contribution in [1.29, 1.82) is 0 Å². The zero-order chi connectivity index (χ0) is 24.9. The Morgan fingerprint density at radius 2 is 1.77 bits per heavy atom. The molecule has 10 heteroatoms. The van der Waals surface area contributed by atoms with Gasteiger partial charge in [-0.1, -0.05) is 29.8 Å². The van der Waals surface area contributed by atoms with Crippen LogP contribution in [0.4, 0.5) is 16.3 Å². The summed E-state index contributed by atoms with van der Waals surface area (Å²) in [5, 5.41) is 3.62. The SMILES string of the molecule is CC(C)(C)OC(=O)N1CCN(c2ccc(-c3c(N)[nH]n4c(=O)c5c(Cl)cccc5nc34)cc2)CC1. The number of nitrogen functional groups attached to an aromatic ring is 1. The van der Waals surface area contributed by atoms with E-state index in [1.54, 1.807) is 23.1 Å². The maximum atomic E-state index is 13.0. The van der Waals surface area contributed by atoms with Gasteiger partial charge in [-0.05, 0) is 50.6 Å². The molecule has 0 saturated carbocycles. The molecule has 2 aromatic carbocycles. The number of halogens is 1. The van der Waals surface area contributed by atoms with Crippen molar-refractivity contribution in [3.05, 3.63) is 57.8 Å². The smallest absolute Gasteiger partial charge is 0.410 e. The number of nitrogens with one attached hydrogen (secondary N) is 1. The summed E-state index contributed by atoms with van der Waals surface area (Å²) in [6, 6.07) is 13.1. The minimum Gasteiger partial charge on any atom is -0.444 e. The van der Waals surface area contributed by atoms with Gasteiger partial charge in [0.15, 0.2) is 5.65 Å². The third-order valence-corrected chi connectivity index (χ3v) is 6.34. The van der Waals surface area contributed by atoms with E-state index in [-0.39, 0.29) is 11.7 Å². The summed E-state index contributed by atoms with van der Waals surface area (Å²) in [6.07, 6.45) is -0.279. The van der Waals surface area contributed by atoms with Crippen molar-refractivity contribution in [3.8, 4) is 11.1 Å². The van der Waals surface area contributed by atoms with Crippen molar-refractivity contribution in [2.45, 2.75) is 26.4 Å². The molecule has 5 rings (SSSR count). The van der Waals surface area contributed by atoms with Gasteiger partial charge in [0.05, 0.1) is 21.5 Å². The Morgan fingerprint density at radius 3 is 2.43 bits per heavy atom. The van der Waals surface area contributed by atoms with Crippen LogP contribution < -0.4 is 16.2 Å². The first-order valence-corrected chi connectivity index (χ1v) is 11.8. The van der Waals surface area contributed by atoms with E-state index in [9.17, 15) is 9.59 Å². The predicted molar refractivity (Wildman–Crippen MR) is 138 cm³/mol. The summed E-state index contributed by atoms with van der Waals surface area (Å²) in [4.78, 5) is 34.0. The summed E-state index contributed by atoms with van der Waals surface area (Å²) in [6.45, 7) is 8.20.